The zero-order valence-electron chi connectivity index (χ0n) is 18.4. The monoisotopic (exact) mass is 467 g/mol. The lowest BCUT2D eigenvalue weighted by Gasteiger charge is -2.35. The van der Waals surface area contributed by atoms with E-state index in [0.29, 0.717) is 31.7 Å². The van der Waals surface area contributed by atoms with Gasteiger partial charge in [-0.1, -0.05) is 25.1 Å². The van der Waals surface area contributed by atoms with Crippen LogP contribution in [0.25, 0.3) is 21.1 Å². The normalized spacial score (nSPS) is 15.7. The topological polar surface area (TPSA) is 79.3 Å². The van der Waals surface area contributed by atoms with Gasteiger partial charge in [-0.15, -0.1) is 11.3 Å². The van der Waals surface area contributed by atoms with E-state index in [1.165, 1.54) is 10.4 Å². The van der Waals surface area contributed by atoms with Crippen molar-refractivity contribution in [1.29, 1.82) is 0 Å². The molecule has 0 spiro atoms. The molecule has 0 amide bonds. The third kappa shape index (κ3) is 3.44. The molecule has 7 nitrogen and oxygen atoms in total. The van der Waals surface area contributed by atoms with Crippen molar-refractivity contribution in [3.8, 4) is 0 Å². The lowest BCUT2D eigenvalue weighted by Crippen LogP contribution is -2.49. The number of rotatable bonds is 4. The quantitative estimate of drug-likeness (QED) is 0.453. The van der Waals surface area contributed by atoms with Gasteiger partial charge in [-0.05, 0) is 31.5 Å². The molecular formula is C23H25N5O2S2. The Balaban J connectivity index is 1.46. The van der Waals surface area contributed by atoms with Crippen LogP contribution < -0.4 is 4.90 Å². The Morgan fingerprint density at radius 3 is 2.53 bits per heavy atom. The van der Waals surface area contributed by atoms with E-state index < -0.39 is 10.0 Å². The van der Waals surface area contributed by atoms with Crippen molar-refractivity contribution in [2.75, 3.05) is 31.1 Å². The summed E-state index contributed by atoms with van der Waals surface area (Å²) in [5.74, 6) is 1.75. The maximum atomic E-state index is 13.5. The molecule has 1 aliphatic heterocycles. The zero-order valence-corrected chi connectivity index (χ0v) is 20.0. The highest BCUT2D eigenvalue weighted by Gasteiger charge is 2.31. The lowest BCUT2D eigenvalue weighted by atomic mass is 10.2. The van der Waals surface area contributed by atoms with E-state index in [0.717, 1.165) is 33.7 Å². The van der Waals surface area contributed by atoms with Crippen molar-refractivity contribution in [2.45, 2.75) is 32.1 Å². The van der Waals surface area contributed by atoms with Crippen molar-refractivity contribution >= 4 is 48.3 Å². The molecule has 0 saturated carbocycles. The van der Waals surface area contributed by atoms with Gasteiger partial charge in [-0.25, -0.2) is 18.4 Å². The number of benzene rings is 1. The van der Waals surface area contributed by atoms with Gasteiger partial charge in [-0.2, -0.15) is 4.31 Å². The van der Waals surface area contributed by atoms with Crippen LogP contribution >= 0.6 is 11.3 Å². The number of fused-ring (bicyclic) bond motifs is 2. The van der Waals surface area contributed by atoms with E-state index in [1.54, 1.807) is 34.0 Å². The number of para-hydroxylation sites is 1. The molecule has 0 bridgehead atoms. The summed E-state index contributed by atoms with van der Waals surface area (Å²) in [7, 11) is -3.64. The number of aryl methyl sites for hydroxylation is 3. The fourth-order valence-corrected chi connectivity index (χ4v) is 6.85. The highest BCUT2D eigenvalue weighted by molar-refractivity contribution is 7.89. The summed E-state index contributed by atoms with van der Waals surface area (Å²) < 4.78 is 28.5. The van der Waals surface area contributed by atoms with Crippen LogP contribution in [0.4, 0.5) is 5.82 Å². The second-order valence-electron chi connectivity index (χ2n) is 8.00. The van der Waals surface area contributed by atoms with Crippen LogP contribution in [-0.4, -0.2) is 53.9 Å². The van der Waals surface area contributed by atoms with E-state index in [4.69, 9.17) is 9.97 Å². The molecule has 1 saturated heterocycles. The number of thiophene rings is 1. The van der Waals surface area contributed by atoms with Gasteiger partial charge in [0.05, 0.1) is 10.9 Å². The molecule has 4 aromatic rings. The number of hydrogen-bond donors (Lipinski definition) is 0. The summed E-state index contributed by atoms with van der Waals surface area (Å²) in [6, 6.07) is 9.01. The molecule has 166 valence electrons. The first-order valence-corrected chi connectivity index (χ1v) is 13.0. The first-order valence-electron chi connectivity index (χ1n) is 10.8. The van der Waals surface area contributed by atoms with Gasteiger partial charge in [0.15, 0.2) is 0 Å². The second-order valence-corrected chi connectivity index (χ2v) is 11.1. The molecule has 1 aromatic carbocycles. The summed E-state index contributed by atoms with van der Waals surface area (Å²) >= 11 is 1.70. The third-order valence-corrected chi connectivity index (χ3v) is 9.16. The Hall–Kier alpha value is -2.62. The maximum Gasteiger partial charge on any atom is 0.245 e. The van der Waals surface area contributed by atoms with E-state index in [-0.39, 0.29) is 4.90 Å². The Morgan fingerprint density at radius 2 is 1.78 bits per heavy atom. The zero-order chi connectivity index (χ0) is 22.5. The number of anilines is 1. The lowest BCUT2D eigenvalue weighted by molar-refractivity contribution is 0.384. The summed E-state index contributed by atoms with van der Waals surface area (Å²) in [6.45, 7) is 8.26. The molecule has 0 atom stereocenters. The number of hydrogen-bond acceptors (Lipinski definition) is 7. The van der Waals surface area contributed by atoms with Crippen LogP contribution in [0.3, 0.4) is 0 Å². The van der Waals surface area contributed by atoms with E-state index in [1.807, 2.05) is 18.2 Å². The highest BCUT2D eigenvalue weighted by atomic mass is 32.2. The molecule has 4 heterocycles. The molecule has 9 heteroatoms. The van der Waals surface area contributed by atoms with Gasteiger partial charge in [0.25, 0.3) is 0 Å². The second kappa shape index (κ2) is 8.06. The third-order valence-electron chi connectivity index (χ3n) is 6.12. The van der Waals surface area contributed by atoms with Crippen LogP contribution in [0.5, 0.6) is 0 Å². The molecule has 1 fully saturated rings. The molecule has 0 unspecified atom stereocenters. The van der Waals surface area contributed by atoms with Gasteiger partial charge in [-0.3, -0.25) is 4.98 Å². The van der Waals surface area contributed by atoms with Crippen LogP contribution in [0.2, 0.25) is 0 Å². The number of pyridine rings is 1. The van der Waals surface area contributed by atoms with Gasteiger partial charge in [0.1, 0.15) is 21.4 Å². The predicted octanol–water partition coefficient (Wildman–Crippen LogP) is 3.93. The highest BCUT2D eigenvalue weighted by Crippen LogP contribution is 2.36. The summed E-state index contributed by atoms with van der Waals surface area (Å²) in [5, 5.41) is 1.92. The van der Waals surface area contributed by atoms with Crippen molar-refractivity contribution in [1.82, 2.24) is 19.3 Å². The summed E-state index contributed by atoms with van der Waals surface area (Å²) in [6.07, 6.45) is 2.40. The number of nitrogens with zero attached hydrogens (tertiary/aromatic N) is 5. The van der Waals surface area contributed by atoms with Crippen LogP contribution in [0.1, 0.15) is 23.2 Å². The minimum absolute atomic E-state index is 0.269. The average Bonchev–Trinajstić information content (AvgIpc) is 3.11. The molecular weight excluding hydrogens is 442 g/mol. The van der Waals surface area contributed by atoms with E-state index >= 15 is 0 Å². The number of sulfonamides is 1. The molecule has 32 heavy (non-hydrogen) atoms. The maximum absolute atomic E-state index is 13.5. The number of aromatic nitrogens is 3. The van der Waals surface area contributed by atoms with Crippen LogP contribution in [0.15, 0.2) is 41.4 Å². The Labute approximate surface area is 191 Å². The molecule has 0 aliphatic carbocycles. The average molecular weight is 468 g/mol. The minimum Gasteiger partial charge on any atom is -0.353 e. The van der Waals surface area contributed by atoms with Gasteiger partial charge >= 0.3 is 0 Å². The first kappa shape index (κ1) is 21.2. The fraction of sp³-hybridized carbons (Fsp3) is 0.348. The molecule has 1 aliphatic rings. The minimum atomic E-state index is -3.64. The first-order chi connectivity index (χ1) is 15.4. The molecule has 0 N–H and O–H groups in total. The van der Waals surface area contributed by atoms with Crippen molar-refractivity contribution in [2.24, 2.45) is 0 Å². The van der Waals surface area contributed by atoms with Gasteiger partial charge < -0.3 is 4.90 Å². The smallest absolute Gasteiger partial charge is 0.245 e. The largest absolute Gasteiger partial charge is 0.353 e. The Bertz CT molecular complexity index is 1420. The standard InChI is InChI=1S/C23H25N5O2S2/c1-4-19-25-22(20-15(2)16(3)31-23(20)26-19)27-11-13-28(14-12-27)32(29,30)18-9-5-7-17-8-6-10-24-21(17)18/h5-10H,4,11-14H2,1-3H3. The molecule has 0 radical (unpaired) electrons. The van der Waals surface area contributed by atoms with E-state index in [9.17, 15) is 8.42 Å². The Morgan fingerprint density at radius 1 is 1.03 bits per heavy atom. The van der Waals surface area contributed by atoms with Gasteiger partial charge in [0.2, 0.25) is 10.0 Å². The van der Waals surface area contributed by atoms with Crippen molar-refractivity contribution in [3.05, 3.63) is 52.8 Å². The molecule has 3 aromatic heterocycles. The SMILES string of the molecule is CCc1nc(N2CCN(S(=O)(=O)c3cccc4cccnc34)CC2)c2c(C)c(C)sc2n1. The Kier molecular flexibility index (Phi) is 5.35. The van der Waals surface area contributed by atoms with Crippen molar-refractivity contribution < 1.29 is 8.42 Å². The fourth-order valence-electron chi connectivity index (χ4n) is 4.22. The van der Waals surface area contributed by atoms with Crippen LogP contribution in [-0.2, 0) is 16.4 Å². The van der Waals surface area contributed by atoms with Crippen LogP contribution in [0, 0.1) is 13.8 Å². The predicted molar refractivity (Wildman–Crippen MR) is 129 cm³/mol. The molecule has 5 rings (SSSR count). The van der Waals surface area contributed by atoms with Gasteiger partial charge in [0, 0.05) is 49.1 Å². The summed E-state index contributed by atoms with van der Waals surface area (Å²) in [5.41, 5.74) is 1.73. The van der Waals surface area contributed by atoms with Crippen molar-refractivity contribution in [3.63, 3.8) is 0 Å². The van der Waals surface area contributed by atoms with E-state index in [2.05, 4.69) is 30.7 Å². The summed E-state index contributed by atoms with van der Waals surface area (Å²) in [4.78, 5) is 18.6. The number of piperazine rings is 1.